The minimum absolute atomic E-state index is 0.0362. The molecule has 0 aliphatic rings. The van der Waals surface area contributed by atoms with E-state index in [0.29, 0.717) is 49.4 Å². The van der Waals surface area contributed by atoms with E-state index in [4.69, 9.17) is 9.72 Å². The van der Waals surface area contributed by atoms with Crippen molar-refractivity contribution in [2.24, 2.45) is 0 Å². The predicted molar refractivity (Wildman–Crippen MR) is 125 cm³/mol. The van der Waals surface area contributed by atoms with Gasteiger partial charge in [0.15, 0.2) is 0 Å². The van der Waals surface area contributed by atoms with E-state index in [1.165, 1.54) is 0 Å². The number of benzene rings is 1. The fraction of sp³-hybridized carbons (Fsp3) is 0.583. The topological polar surface area (TPSA) is 84.7 Å². The van der Waals surface area contributed by atoms with E-state index >= 15 is 0 Å². The molecule has 8 nitrogen and oxygen atoms in total. The first-order valence-corrected chi connectivity index (χ1v) is 11.4. The van der Waals surface area contributed by atoms with Gasteiger partial charge in [0.2, 0.25) is 5.91 Å². The van der Waals surface area contributed by atoms with Gasteiger partial charge in [0.25, 0.3) is 5.56 Å². The Hall–Kier alpha value is -2.74. The monoisotopic (exact) mass is 444 g/mol. The van der Waals surface area contributed by atoms with Crippen molar-refractivity contribution < 1.29 is 14.3 Å². The van der Waals surface area contributed by atoms with Crippen LogP contribution < -0.4 is 5.56 Å². The van der Waals surface area contributed by atoms with Crippen molar-refractivity contribution in [3.63, 3.8) is 0 Å². The average molecular weight is 445 g/mol. The molecule has 1 unspecified atom stereocenters. The highest BCUT2D eigenvalue weighted by Crippen LogP contribution is 2.25. The molecule has 0 N–H and O–H groups in total. The molecule has 0 saturated heterocycles. The Morgan fingerprint density at radius 1 is 1.09 bits per heavy atom. The number of rotatable bonds is 12. The lowest BCUT2D eigenvalue weighted by Gasteiger charge is -2.33. The molecule has 8 heteroatoms. The van der Waals surface area contributed by atoms with E-state index in [0.717, 1.165) is 6.42 Å². The molecule has 0 aliphatic heterocycles. The smallest absolute Gasteiger partial charge is 0.306 e. The summed E-state index contributed by atoms with van der Waals surface area (Å²) in [5, 5.41) is 0.577. The Kier molecular flexibility index (Phi) is 9.84. The van der Waals surface area contributed by atoms with Crippen LogP contribution >= 0.6 is 0 Å². The molecule has 0 aliphatic carbocycles. The summed E-state index contributed by atoms with van der Waals surface area (Å²) >= 11 is 0. The van der Waals surface area contributed by atoms with Crippen LogP contribution in [0.25, 0.3) is 10.9 Å². The SMILES string of the molecule is CCCn1c(C(CC)N(CCN(C)C)C(=O)CCC(=O)OCC)nc2ccccc2c1=O. The van der Waals surface area contributed by atoms with Crippen molar-refractivity contribution in [1.29, 1.82) is 0 Å². The molecule has 2 rings (SSSR count). The number of hydrogen-bond donors (Lipinski definition) is 0. The van der Waals surface area contributed by atoms with Crippen molar-refractivity contribution in [1.82, 2.24) is 19.4 Å². The molecule has 1 heterocycles. The number of hydrogen-bond acceptors (Lipinski definition) is 6. The van der Waals surface area contributed by atoms with E-state index in [1.807, 2.05) is 51.0 Å². The second kappa shape index (κ2) is 12.3. The third kappa shape index (κ3) is 6.38. The minimum Gasteiger partial charge on any atom is -0.466 e. The van der Waals surface area contributed by atoms with Gasteiger partial charge in [-0.05, 0) is 46.0 Å². The maximum Gasteiger partial charge on any atom is 0.306 e. The zero-order valence-corrected chi connectivity index (χ0v) is 20.0. The minimum atomic E-state index is -0.381. The van der Waals surface area contributed by atoms with Gasteiger partial charge in [-0.3, -0.25) is 19.0 Å². The van der Waals surface area contributed by atoms with Crippen LogP contribution in [0.1, 0.15) is 58.3 Å². The summed E-state index contributed by atoms with van der Waals surface area (Å²) in [5.41, 5.74) is 0.544. The van der Waals surface area contributed by atoms with Gasteiger partial charge in [-0.25, -0.2) is 4.98 Å². The Bertz CT molecular complexity index is 970. The summed E-state index contributed by atoms with van der Waals surface area (Å²) < 4.78 is 6.69. The fourth-order valence-corrected chi connectivity index (χ4v) is 3.77. The summed E-state index contributed by atoms with van der Waals surface area (Å²) in [6, 6.07) is 6.94. The molecule has 0 saturated carbocycles. The summed E-state index contributed by atoms with van der Waals surface area (Å²) in [6.45, 7) is 7.70. The number of fused-ring (bicyclic) bond motifs is 1. The lowest BCUT2D eigenvalue weighted by molar-refractivity contribution is -0.146. The molecule has 0 radical (unpaired) electrons. The molecule has 0 spiro atoms. The highest BCUT2D eigenvalue weighted by Gasteiger charge is 2.28. The Labute approximate surface area is 190 Å². The Morgan fingerprint density at radius 3 is 2.44 bits per heavy atom. The molecule has 0 fully saturated rings. The van der Waals surface area contributed by atoms with Crippen LogP contribution in [0.3, 0.4) is 0 Å². The molecular formula is C24H36N4O4. The normalized spacial score (nSPS) is 12.2. The first-order valence-electron chi connectivity index (χ1n) is 11.4. The van der Waals surface area contributed by atoms with Crippen molar-refractivity contribution in [3.05, 3.63) is 40.4 Å². The number of likely N-dealkylation sites (N-methyl/N-ethyl adjacent to an activating group) is 1. The highest BCUT2D eigenvalue weighted by molar-refractivity contribution is 5.82. The van der Waals surface area contributed by atoms with Crippen LogP contribution in [0, 0.1) is 0 Å². The number of amides is 1. The molecule has 1 amide bonds. The molecule has 2 aromatic rings. The summed E-state index contributed by atoms with van der Waals surface area (Å²) in [4.78, 5) is 46.9. The lowest BCUT2D eigenvalue weighted by atomic mass is 10.1. The van der Waals surface area contributed by atoms with Gasteiger partial charge < -0.3 is 14.5 Å². The average Bonchev–Trinajstić information content (AvgIpc) is 2.77. The number of carbonyl (C=O) groups excluding carboxylic acids is 2. The van der Waals surface area contributed by atoms with Gasteiger partial charge in [0.05, 0.1) is 30.0 Å². The second-order valence-electron chi connectivity index (χ2n) is 8.06. The van der Waals surface area contributed by atoms with E-state index in [1.54, 1.807) is 22.5 Å². The second-order valence-corrected chi connectivity index (χ2v) is 8.06. The van der Waals surface area contributed by atoms with Gasteiger partial charge in [-0.15, -0.1) is 0 Å². The molecule has 0 bridgehead atoms. The number of carbonyl (C=O) groups is 2. The van der Waals surface area contributed by atoms with Crippen molar-refractivity contribution in [2.75, 3.05) is 33.8 Å². The summed E-state index contributed by atoms with van der Waals surface area (Å²) in [7, 11) is 3.90. The number of para-hydroxylation sites is 1. The third-order valence-corrected chi connectivity index (χ3v) is 5.36. The molecule has 1 aromatic heterocycles. The summed E-state index contributed by atoms with van der Waals surface area (Å²) in [5.74, 6) is 0.0756. The quantitative estimate of drug-likeness (QED) is 0.468. The van der Waals surface area contributed by atoms with Crippen molar-refractivity contribution in [3.8, 4) is 0 Å². The van der Waals surface area contributed by atoms with Crippen LogP contribution in [-0.2, 0) is 20.9 Å². The standard InChI is InChI=1S/C24H36N4O4/c1-6-15-28-23(25-19-12-10-9-11-18(19)24(28)31)20(7-2)27(17-16-26(4)5)21(29)13-14-22(30)32-8-3/h9-12,20H,6-8,13-17H2,1-5H3. The van der Waals surface area contributed by atoms with Crippen LogP contribution in [0.4, 0.5) is 0 Å². The number of aromatic nitrogens is 2. The van der Waals surface area contributed by atoms with Gasteiger partial charge in [0, 0.05) is 26.1 Å². The van der Waals surface area contributed by atoms with Crippen LogP contribution in [0.5, 0.6) is 0 Å². The van der Waals surface area contributed by atoms with Gasteiger partial charge >= 0.3 is 5.97 Å². The first-order chi connectivity index (χ1) is 15.3. The summed E-state index contributed by atoms with van der Waals surface area (Å²) in [6.07, 6.45) is 1.48. The van der Waals surface area contributed by atoms with E-state index < -0.39 is 0 Å². The number of ether oxygens (including phenoxy) is 1. The number of nitrogens with zero attached hydrogens (tertiary/aromatic N) is 4. The van der Waals surface area contributed by atoms with E-state index in [9.17, 15) is 14.4 Å². The zero-order valence-electron chi connectivity index (χ0n) is 20.0. The molecule has 1 aromatic carbocycles. The van der Waals surface area contributed by atoms with Gasteiger partial charge in [-0.1, -0.05) is 26.0 Å². The fourth-order valence-electron chi connectivity index (χ4n) is 3.77. The lowest BCUT2D eigenvalue weighted by Crippen LogP contribution is -2.42. The van der Waals surface area contributed by atoms with Gasteiger partial charge in [-0.2, -0.15) is 0 Å². The Balaban J connectivity index is 2.49. The van der Waals surface area contributed by atoms with E-state index in [2.05, 4.69) is 0 Å². The molecule has 32 heavy (non-hydrogen) atoms. The van der Waals surface area contributed by atoms with Crippen molar-refractivity contribution in [2.45, 2.75) is 59.0 Å². The zero-order chi connectivity index (χ0) is 23.7. The molecule has 176 valence electrons. The third-order valence-electron chi connectivity index (χ3n) is 5.36. The maximum atomic E-state index is 13.3. The Morgan fingerprint density at radius 2 is 1.81 bits per heavy atom. The van der Waals surface area contributed by atoms with Crippen molar-refractivity contribution >= 4 is 22.8 Å². The highest BCUT2D eigenvalue weighted by atomic mass is 16.5. The molecular weight excluding hydrogens is 408 g/mol. The van der Waals surface area contributed by atoms with Gasteiger partial charge in [0.1, 0.15) is 5.82 Å². The predicted octanol–water partition coefficient (Wildman–Crippen LogP) is 2.99. The van der Waals surface area contributed by atoms with E-state index in [-0.39, 0.29) is 36.3 Å². The van der Waals surface area contributed by atoms with Crippen LogP contribution in [0.15, 0.2) is 29.1 Å². The molecule has 1 atom stereocenters. The largest absolute Gasteiger partial charge is 0.466 e. The van der Waals surface area contributed by atoms with Crippen LogP contribution in [0.2, 0.25) is 0 Å². The maximum absolute atomic E-state index is 13.3. The first kappa shape index (κ1) is 25.5. The number of esters is 1. The van der Waals surface area contributed by atoms with Crippen LogP contribution in [-0.4, -0.2) is 65.0 Å².